The minimum atomic E-state index is -0.483. The van der Waals surface area contributed by atoms with Gasteiger partial charge in [0.2, 0.25) is 11.8 Å². The van der Waals surface area contributed by atoms with Crippen molar-refractivity contribution >= 4 is 34.3 Å². The highest BCUT2D eigenvalue weighted by Gasteiger charge is 2.40. The quantitative estimate of drug-likeness (QED) is 0.620. The molecule has 0 aliphatic carbocycles. The second-order valence-corrected chi connectivity index (χ2v) is 8.41. The first-order valence-electron chi connectivity index (χ1n) is 10.3. The Balaban J connectivity index is 1.44. The van der Waals surface area contributed by atoms with Crippen LogP contribution < -0.4 is 11.1 Å². The van der Waals surface area contributed by atoms with Crippen molar-refractivity contribution < 1.29 is 9.59 Å². The molecular formula is C24H25ClN4O2. The number of nitrogens with two attached hydrogens (primary N) is 1. The predicted molar refractivity (Wildman–Crippen MR) is 122 cm³/mol. The van der Waals surface area contributed by atoms with E-state index in [9.17, 15) is 9.59 Å². The highest BCUT2D eigenvalue weighted by atomic mass is 35.5. The van der Waals surface area contributed by atoms with Gasteiger partial charge in [0, 0.05) is 29.7 Å². The monoisotopic (exact) mass is 436 g/mol. The number of carbonyl (C=O) groups excluding carboxylic acids is 2. The fourth-order valence-electron chi connectivity index (χ4n) is 4.28. The van der Waals surface area contributed by atoms with Crippen molar-refractivity contribution in [3.63, 3.8) is 0 Å². The molecule has 4 rings (SSSR count). The number of benzene rings is 2. The molecule has 0 radical (unpaired) electrons. The zero-order valence-corrected chi connectivity index (χ0v) is 18.0. The number of nitrogens with zero attached hydrogens (tertiary/aromatic N) is 2. The van der Waals surface area contributed by atoms with E-state index in [1.807, 2.05) is 54.3 Å². The summed E-state index contributed by atoms with van der Waals surface area (Å²) in [7, 11) is 0. The van der Waals surface area contributed by atoms with Gasteiger partial charge in [-0.2, -0.15) is 0 Å². The molecule has 3 aromatic rings. The number of fused-ring (bicyclic) bond motifs is 1. The van der Waals surface area contributed by atoms with Gasteiger partial charge in [-0.3, -0.25) is 19.5 Å². The van der Waals surface area contributed by atoms with Gasteiger partial charge in [-0.25, -0.2) is 0 Å². The van der Waals surface area contributed by atoms with Gasteiger partial charge in [0.15, 0.2) is 0 Å². The van der Waals surface area contributed by atoms with E-state index in [-0.39, 0.29) is 11.8 Å². The second-order valence-electron chi connectivity index (χ2n) is 8.00. The lowest BCUT2D eigenvalue weighted by Gasteiger charge is -2.28. The van der Waals surface area contributed by atoms with E-state index in [4.69, 9.17) is 17.3 Å². The van der Waals surface area contributed by atoms with Crippen LogP contribution in [-0.2, 0) is 16.1 Å². The third-order valence-electron chi connectivity index (χ3n) is 6.01. The molecule has 2 aromatic carbocycles. The topological polar surface area (TPSA) is 88.3 Å². The first kappa shape index (κ1) is 21.3. The predicted octanol–water partition coefficient (Wildman–Crippen LogP) is 3.24. The van der Waals surface area contributed by atoms with Crippen LogP contribution in [0.25, 0.3) is 10.9 Å². The number of likely N-dealkylation sites (tertiary alicyclic amines) is 1. The lowest BCUT2D eigenvalue weighted by Crippen LogP contribution is -2.51. The van der Waals surface area contributed by atoms with Gasteiger partial charge in [-0.05, 0) is 48.6 Å². The fourth-order valence-corrected chi connectivity index (χ4v) is 4.50. The maximum absolute atomic E-state index is 12.9. The summed E-state index contributed by atoms with van der Waals surface area (Å²) >= 11 is 6.26. The Labute approximate surface area is 186 Å². The molecule has 7 heteroatoms. The van der Waals surface area contributed by atoms with Gasteiger partial charge < -0.3 is 11.1 Å². The van der Waals surface area contributed by atoms with Crippen molar-refractivity contribution in [3.8, 4) is 0 Å². The summed E-state index contributed by atoms with van der Waals surface area (Å²) in [5.74, 6) is -0.383. The normalized spacial score (nSPS) is 19.9. The minimum Gasteiger partial charge on any atom is -0.368 e. The average Bonchev–Trinajstić information content (AvgIpc) is 3.24. The molecule has 2 heterocycles. The van der Waals surface area contributed by atoms with E-state index in [0.717, 1.165) is 22.0 Å². The van der Waals surface area contributed by atoms with Crippen molar-refractivity contribution in [2.24, 2.45) is 5.73 Å². The summed E-state index contributed by atoms with van der Waals surface area (Å²) in [5, 5.41) is 4.43. The number of rotatable bonds is 6. The first-order chi connectivity index (χ1) is 14.9. The average molecular weight is 437 g/mol. The molecule has 1 aliphatic rings. The van der Waals surface area contributed by atoms with E-state index < -0.39 is 18.0 Å². The largest absolute Gasteiger partial charge is 0.368 e. The lowest BCUT2D eigenvalue weighted by atomic mass is 9.96. The molecule has 1 aliphatic heterocycles. The van der Waals surface area contributed by atoms with Crippen LogP contribution in [0.15, 0.2) is 60.8 Å². The van der Waals surface area contributed by atoms with E-state index in [1.54, 1.807) is 6.20 Å². The summed E-state index contributed by atoms with van der Waals surface area (Å²) in [4.78, 5) is 31.3. The Kier molecular flexibility index (Phi) is 6.20. The molecule has 160 valence electrons. The van der Waals surface area contributed by atoms with Crippen LogP contribution in [0.1, 0.15) is 30.4 Å². The first-order valence-corrected chi connectivity index (χ1v) is 10.7. The summed E-state index contributed by atoms with van der Waals surface area (Å²) in [6.45, 7) is 2.75. The number of halogens is 1. The molecular weight excluding hydrogens is 412 g/mol. The fraction of sp³-hybridized carbons (Fsp3) is 0.292. The highest BCUT2D eigenvalue weighted by molar-refractivity contribution is 6.35. The summed E-state index contributed by atoms with van der Waals surface area (Å²) in [6, 6.07) is 16.6. The van der Waals surface area contributed by atoms with Crippen LogP contribution >= 0.6 is 11.6 Å². The van der Waals surface area contributed by atoms with Crippen LogP contribution in [0.2, 0.25) is 5.02 Å². The number of aromatic nitrogens is 1. The van der Waals surface area contributed by atoms with Gasteiger partial charge in [0.25, 0.3) is 0 Å². The molecule has 0 spiro atoms. The van der Waals surface area contributed by atoms with Crippen molar-refractivity contribution in [1.82, 2.24) is 15.2 Å². The maximum atomic E-state index is 12.9. The summed E-state index contributed by atoms with van der Waals surface area (Å²) in [5.41, 5.74) is 8.49. The van der Waals surface area contributed by atoms with E-state index in [2.05, 4.69) is 22.4 Å². The van der Waals surface area contributed by atoms with E-state index in [1.165, 1.54) is 0 Å². The van der Waals surface area contributed by atoms with Crippen molar-refractivity contribution in [3.05, 3.63) is 76.9 Å². The minimum absolute atomic E-state index is 0.154. The van der Waals surface area contributed by atoms with Crippen LogP contribution in [0.3, 0.4) is 0 Å². The molecule has 31 heavy (non-hydrogen) atoms. The van der Waals surface area contributed by atoms with Crippen LogP contribution in [-0.4, -0.2) is 40.3 Å². The number of primary amides is 1. The van der Waals surface area contributed by atoms with Gasteiger partial charge >= 0.3 is 0 Å². The Bertz CT molecular complexity index is 1110. The SMILES string of the molecule is C[C@@H](C(=O)NCc1cnc2cccc(Cl)c2c1)N1CC(c2ccccc2)CC1C(N)=O. The maximum Gasteiger partial charge on any atom is 0.237 e. The summed E-state index contributed by atoms with van der Waals surface area (Å²) in [6.07, 6.45) is 2.35. The van der Waals surface area contributed by atoms with Gasteiger partial charge in [0.1, 0.15) is 0 Å². The second kappa shape index (κ2) is 9.04. The molecule has 0 bridgehead atoms. The van der Waals surface area contributed by atoms with Crippen molar-refractivity contribution in [1.29, 1.82) is 0 Å². The molecule has 6 nitrogen and oxygen atoms in total. The van der Waals surface area contributed by atoms with Gasteiger partial charge in [-0.1, -0.05) is 48.0 Å². The molecule has 1 aromatic heterocycles. The van der Waals surface area contributed by atoms with E-state index in [0.29, 0.717) is 24.5 Å². The number of amides is 2. The van der Waals surface area contributed by atoms with E-state index >= 15 is 0 Å². The Morgan fingerprint density at radius 1 is 1.23 bits per heavy atom. The smallest absolute Gasteiger partial charge is 0.237 e. The molecule has 1 fully saturated rings. The number of hydrogen-bond donors (Lipinski definition) is 2. The van der Waals surface area contributed by atoms with Crippen LogP contribution in [0.4, 0.5) is 0 Å². The highest BCUT2D eigenvalue weighted by Crippen LogP contribution is 2.33. The van der Waals surface area contributed by atoms with Crippen LogP contribution in [0, 0.1) is 0 Å². The Hall–Kier alpha value is -2.96. The van der Waals surface area contributed by atoms with Crippen molar-refractivity contribution in [2.75, 3.05) is 6.54 Å². The van der Waals surface area contributed by atoms with Gasteiger partial charge in [0.05, 0.1) is 17.6 Å². The number of hydrogen-bond acceptors (Lipinski definition) is 4. The number of nitrogens with one attached hydrogen (secondary N) is 1. The standard InChI is InChI=1S/C24H25ClN4O2/c1-15(29-14-18(11-22(29)23(26)30)17-6-3-2-4-7-17)24(31)28-13-16-10-19-20(25)8-5-9-21(19)27-12-16/h2-10,12,15,18,22H,11,13-14H2,1H3,(H2,26,30)(H,28,31)/t15-,18?,22?/m0/s1. The lowest BCUT2D eigenvalue weighted by molar-refractivity contribution is -0.129. The van der Waals surface area contributed by atoms with Gasteiger partial charge in [-0.15, -0.1) is 0 Å². The molecule has 3 N–H and O–H groups in total. The summed E-state index contributed by atoms with van der Waals surface area (Å²) < 4.78 is 0. The molecule has 0 saturated carbocycles. The third kappa shape index (κ3) is 4.55. The molecule has 3 atom stereocenters. The molecule has 2 unspecified atom stereocenters. The Morgan fingerprint density at radius 2 is 2.00 bits per heavy atom. The zero-order valence-electron chi connectivity index (χ0n) is 17.3. The van der Waals surface area contributed by atoms with Crippen molar-refractivity contribution in [2.45, 2.75) is 37.9 Å². The number of carbonyl (C=O) groups is 2. The zero-order chi connectivity index (χ0) is 22.0. The molecule has 1 saturated heterocycles. The third-order valence-corrected chi connectivity index (χ3v) is 6.34. The number of pyridine rings is 1. The Morgan fingerprint density at radius 3 is 2.74 bits per heavy atom. The molecule has 2 amide bonds. The van der Waals surface area contributed by atoms with Crippen LogP contribution in [0.5, 0.6) is 0 Å².